The quantitative estimate of drug-likeness (QED) is 0.118. The Morgan fingerprint density at radius 1 is 0.677 bits per heavy atom. The summed E-state index contributed by atoms with van der Waals surface area (Å²) in [6.07, 6.45) is 17.8. The standard InChI is InChI=1S/C24H49NO6/c1-3-5-6-7-8-9-10-11-12-13-14-15-16-17-18-19-20-25-22(27)24(30,31)23(28,29)21(26)4-2/h21,26,28-31H,3-20H2,1-2H3,(H,25,27). The minimum Gasteiger partial charge on any atom is -0.387 e. The molecule has 0 aromatic rings. The smallest absolute Gasteiger partial charge is 0.303 e. The Labute approximate surface area is 189 Å². The van der Waals surface area contributed by atoms with E-state index >= 15 is 0 Å². The van der Waals surface area contributed by atoms with Crippen molar-refractivity contribution in [3.63, 3.8) is 0 Å². The molecular weight excluding hydrogens is 398 g/mol. The van der Waals surface area contributed by atoms with Gasteiger partial charge in [-0.3, -0.25) is 4.79 Å². The predicted octanol–water partition coefficient (Wildman–Crippen LogP) is 3.50. The van der Waals surface area contributed by atoms with Crippen LogP contribution in [0.25, 0.3) is 0 Å². The largest absolute Gasteiger partial charge is 0.387 e. The first kappa shape index (κ1) is 30.3. The number of amides is 1. The van der Waals surface area contributed by atoms with E-state index in [4.69, 9.17) is 0 Å². The first-order valence-corrected chi connectivity index (χ1v) is 12.6. The fourth-order valence-electron chi connectivity index (χ4n) is 3.68. The molecule has 0 aliphatic rings. The number of unbranched alkanes of at least 4 members (excludes halogenated alkanes) is 15. The number of carbonyl (C=O) groups excluding carboxylic acids is 1. The summed E-state index contributed by atoms with van der Waals surface area (Å²) in [6, 6.07) is 0. The van der Waals surface area contributed by atoms with Crippen LogP contribution in [0, 0.1) is 0 Å². The molecular formula is C24H49NO6. The van der Waals surface area contributed by atoms with E-state index < -0.39 is 23.6 Å². The zero-order valence-corrected chi connectivity index (χ0v) is 19.9. The molecule has 186 valence electrons. The molecule has 0 bridgehead atoms. The van der Waals surface area contributed by atoms with Crippen molar-refractivity contribution in [2.45, 2.75) is 141 Å². The third-order valence-electron chi connectivity index (χ3n) is 6.00. The molecule has 6 N–H and O–H groups in total. The van der Waals surface area contributed by atoms with Crippen LogP contribution in [0.3, 0.4) is 0 Å². The number of rotatable bonds is 21. The van der Waals surface area contributed by atoms with Crippen LogP contribution in [0.2, 0.25) is 0 Å². The molecule has 0 spiro atoms. The second-order valence-electron chi connectivity index (χ2n) is 8.88. The summed E-state index contributed by atoms with van der Waals surface area (Å²) in [7, 11) is 0. The molecule has 7 heteroatoms. The van der Waals surface area contributed by atoms with Crippen molar-refractivity contribution in [2.75, 3.05) is 6.54 Å². The van der Waals surface area contributed by atoms with E-state index in [0.717, 1.165) is 19.3 Å². The van der Waals surface area contributed by atoms with Crippen LogP contribution in [0.15, 0.2) is 0 Å². The van der Waals surface area contributed by atoms with E-state index in [1.165, 1.54) is 84.0 Å². The van der Waals surface area contributed by atoms with Crippen LogP contribution in [0.5, 0.6) is 0 Å². The number of aliphatic hydroxyl groups is 5. The zero-order chi connectivity index (χ0) is 23.6. The maximum Gasteiger partial charge on any atom is 0.303 e. The molecule has 0 aromatic carbocycles. The summed E-state index contributed by atoms with van der Waals surface area (Å²) in [6.45, 7) is 3.88. The van der Waals surface area contributed by atoms with Crippen LogP contribution in [0.4, 0.5) is 0 Å². The van der Waals surface area contributed by atoms with Crippen molar-refractivity contribution in [1.29, 1.82) is 0 Å². The summed E-state index contributed by atoms with van der Waals surface area (Å²) in [4.78, 5) is 11.8. The van der Waals surface area contributed by atoms with E-state index in [2.05, 4.69) is 12.2 Å². The minimum atomic E-state index is -3.47. The molecule has 1 atom stereocenters. The van der Waals surface area contributed by atoms with Crippen molar-refractivity contribution in [3.8, 4) is 0 Å². The zero-order valence-electron chi connectivity index (χ0n) is 19.9. The predicted molar refractivity (Wildman–Crippen MR) is 123 cm³/mol. The van der Waals surface area contributed by atoms with E-state index in [0.29, 0.717) is 6.42 Å². The summed E-state index contributed by atoms with van der Waals surface area (Å²) in [5.74, 6) is -8.14. The molecule has 1 unspecified atom stereocenters. The van der Waals surface area contributed by atoms with Gasteiger partial charge >= 0.3 is 5.79 Å². The van der Waals surface area contributed by atoms with E-state index in [9.17, 15) is 30.3 Å². The van der Waals surface area contributed by atoms with Crippen LogP contribution in [0.1, 0.15) is 123 Å². The topological polar surface area (TPSA) is 130 Å². The van der Waals surface area contributed by atoms with Gasteiger partial charge in [0.2, 0.25) is 0 Å². The van der Waals surface area contributed by atoms with Gasteiger partial charge in [-0.05, 0) is 12.8 Å². The Kier molecular flexibility index (Phi) is 17.4. The first-order chi connectivity index (χ1) is 14.7. The Hall–Kier alpha value is -0.730. The summed E-state index contributed by atoms with van der Waals surface area (Å²) < 4.78 is 0. The van der Waals surface area contributed by atoms with Crippen LogP contribution in [-0.4, -0.2) is 55.7 Å². The van der Waals surface area contributed by atoms with E-state index in [1.807, 2.05) is 0 Å². The average Bonchev–Trinajstić information content (AvgIpc) is 2.74. The lowest BCUT2D eigenvalue weighted by atomic mass is 9.97. The molecule has 31 heavy (non-hydrogen) atoms. The van der Waals surface area contributed by atoms with Gasteiger partial charge < -0.3 is 30.8 Å². The van der Waals surface area contributed by atoms with Gasteiger partial charge in [-0.1, -0.05) is 110 Å². The maximum atomic E-state index is 11.8. The second kappa shape index (κ2) is 17.8. The maximum absolute atomic E-state index is 11.8. The van der Waals surface area contributed by atoms with E-state index in [1.54, 1.807) is 0 Å². The van der Waals surface area contributed by atoms with Crippen molar-refractivity contribution in [1.82, 2.24) is 5.32 Å². The van der Waals surface area contributed by atoms with Crippen molar-refractivity contribution >= 4 is 5.91 Å². The monoisotopic (exact) mass is 447 g/mol. The van der Waals surface area contributed by atoms with Crippen LogP contribution >= 0.6 is 0 Å². The number of hydrogen-bond donors (Lipinski definition) is 6. The number of carbonyl (C=O) groups is 1. The lowest BCUT2D eigenvalue weighted by Gasteiger charge is -2.36. The highest BCUT2D eigenvalue weighted by Crippen LogP contribution is 2.23. The molecule has 0 saturated carbocycles. The second-order valence-corrected chi connectivity index (χ2v) is 8.88. The summed E-state index contributed by atoms with van der Waals surface area (Å²) in [5, 5.41) is 50.6. The highest BCUT2D eigenvalue weighted by atomic mass is 16.6. The fourth-order valence-corrected chi connectivity index (χ4v) is 3.68. The van der Waals surface area contributed by atoms with Crippen molar-refractivity contribution < 1.29 is 30.3 Å². The van der Waals surface area contributed by atoms with Gasteiger partial charge in [0.1, 0.15) is 6.10 Å². The van der Waals surface area contributed by atoms with Gasteiger partial charge in [-0.25, -0.2) is 0 Å². The van der Waals surface area contributed by atoms with Crippen molar-refractivity contribution in [2.24, 2.45) is 0 Å². The Morgan fingerprint density at radius 2 is 1.03 bits per heavy atom. The first-order valence-electron chi connectivity index (χ1n) is 12.6. The third kappa shape index (κ3) is 12.8. The highest BCUT2D eigenvalue weighted by Gasteiger charge is 2.57. The molecule has 1 amide bonds. The summed E-state index contributed by atoms with van der Waals surface area (Å²) in [5.41, 5.74) is 0. The van der Waals surface area contributed by atoms with Crippen LogP contribution < -0.4 is 5.32 Å². The number of hydrogen-bond acceptors (Lipinski definition) is 6. The highest BCUT2D eigenvalue weighted by molar-refractivity contribution is 5.84. The Morgan fingerprint density at radius 3 is 1.39 bits per heavy atom. The van der Waals surface area contributed by atoms with E-state index in [-0.39, 0.29) is 13.0 Å². The van der Waals surface area contributed by atoms with Crippen LogP contribution in [-0.2, 0) is 4.79 Å². The van der Waals surface area contributed by atoms with Gasteiger partial charge in [0.05, 0.1) is 0 Å². The number of aliphatic hydroxyl groups excluding tert-OH is 1. The molecule has 7 nitrogen and oxygen atoms in total. The normalized spacial score (nSPS) is 13.4. The Balaban J connectivity index is 3.57. The molecule has 0 rings (SSSR count). The van der Waals surface area contributed by atoms with Gasteiger partial charge in [-0.15, -0.1) is 0 Å². The third-order valence-corrected chi connectivity index (χ3v) is 6.00. The van der Waals surface area contributed by atoms with Gasteiger partial charge in [0.15, 0.2) is 0 Å². The molecule has 0 fully saturated rings. The SMILES string of the molecule is CCCCCCCCCCCCCCCCCCNC(=O)C(O)(O)C(O)(O)C(O)CC. The number of nitrogens with one attached hydrogen (secondary N) is 1. The molecule has 0 saturated heterocycles. The fraction of sp³-hybridized carbons (Fsp3) is 0.958. The molecule has 0 aromatic heterocycles. The lowest BCUT2D eigenvalue weighted by Crippen LogP contribution is -2.67. The molecule has 0 heterocycles. The Bertz CT molecular complexity index is 442. The average molecular weight is 448 g/mol. The van der Waals surface area contributed by atoms with Gasteiger partial charge in [0, 0.05) is 6.54 Å². The minimum absolute atomic E-state index is 0.151. The molecule has 0 aliphatic heterocycles. The van der Waals surface area contributed by atoms with Gasteiger partial charge in [-0.2, -0.15) is 0 Å². The van der Waals surface area contributed by atoms with Gasteiger partial charge in [0.25, 0.3) is 11.7 Å². The molecule has 0 radical (unpaired) electrons. The molecule has 0 aliphatic carbocycles. The van der Waals surface area contributed by atoms with Crippen molar-refractivity contribution in [3.05, 3.63) is 0 Å². The summed E-state index contributed by atoms with van der Waals surface area (Å²) >= 11 is 0. The lowest BCUT2D eigenvalue weighted by molar-refractivity contribution is -0.366.